The third-order valence-electron chi connectivity index (χ3n) is 5.73. The van der Waals surface area contributed by atoms with Crippen molar-refractivity contribution in [3.63, 3.8) is 0 Å². The first-order valence-corrected chi connectivity index (χ1v) is 14.1. The quantitative estimate of drug-likeness (QED) is 0.247. The smallest absolute Gasteiger partial charge is 0.435 e. The first-order chi connectivity index (χ1) is 18.7. The van der Waals surface area contributed by atoms with Gasteiger partial charge in [-0.2, -0.15) is 0 Å². The number of hydrogen-bond donors (Lipinski definition) is 0. The fraction of sp³-hybridized carbons (Fsp3) is 0.269. The number of aliphatic imine (C=N–C) groups is 1. The number of carbonyl (C=O) groups is 1. The van der Waals surface area contributed by atoms with Gasteiger partial charge in [0, 0.05) is 19.2 Å². The number of halogens is 5. The van der Waals surface area contributed by atoms with Gasteiger partial charge in [-0.3, -0.25) is 14.8 Å². The lowest BCUT2D eigenvalue weighted by Gasteiger charge is -2.39. The molecule has 2 heterocycles. The van der Waals surface area contributed by atoms with Gasteiger partial charge in [0.25, 0.3) is 0 Å². The molecule has 0 atom stereocenters. The molecule has 0 radical (unpaired) electrons. The Bertz CT molecular complexity index is 1460. The molecule has 4 rings (SSSR count). The number of carbonyl (C=O) groups excluding carboxylic acids is 1. The summed E-state index contributed by atoms with van der Waals surface area (Å²) in [6.45, 7) is 4.31. The van der Waals surface area contributed by atoms with E-state index in [0.29, 0.717) is 24.6 Å². The van der Waals surface area contributed by atoms with Crippen molar-refractivity contribution >= 4 is 34.0 Å². The van der Waals surface area contributed by atoms with E-state index in [1.807, 2.05) is 42.8 Å². The summed E-state index contributed by atoms with van der Waals surface area (Å²) in [5.41, 5.74) is 2.62. The number of benzene rings is 2. The van der Waals surface area contributed by atoms with Gasteiger partial charge >= 0.3 is 10.5 Å². The maximum Gasteiger partial charge on any atom is 0.435 e. The summed E-state index contributed by atoms with van der Waals surface area (Å²) < 4.78 is 74.2. The van der Waals surface area contributed by atoms with Gasteiger partial charge in [0.05, 0.1) is 37.1 Å². The van der Waals surface area contributed by atoms with E-state index >= 15 is 0 Å². The van der Waals surface area contributed by atoms with E-state index in [2.05, 4.69) is 14.2 Å². The van der Waals surface area contributed by atoms with Crippen LogP contribution in [0.4, 0.5) is 25.1 Å². The van der Waals surface area contributed by atoms with Crippen LogP contribution in [-0.2, 0) is 4.79 Å². The van der Waals surface area contributed by atoms with Crippen LogP contribution in [0, 0.1) is 6.92 Å². The predicted molar refractivity (Wildman–Crippen MR) is 145 cm³/mol. The Labute approximate surface area is 228 Å². The molecule has 3 aromatic rings. The summed E-state index contributed by atoms with van der Waals surface area (Å²) >= 11 is 0. The zero-order valence-corrected chi connectivity index (χ0v) is 22.8. The Morgan fingerprint density at radius 3 is 2.38 bits per heavy atom. The van der Waals surface area contributed by atoms with Gasteiger partial charge in [-0.15, -0.1) is 0 Å². The maximum atomic E-state index is 13.0. The topological polar surface area (TPSA) is 72.2 Å². The Kier molecular flexibility index (Phi) is 7.34. The second-order valence-corrected chi connectivity index (χ2v) is 10.9. The molecule has 2 aromatic carbocycles. The monoisotopic (exact) mass is 585 g/mol. The van der Waals surface area contributed by atoms with Gasteiger partial charge in [-0.25, -0.2) is 9.99 Å². The van der Waals surface area contributed by atoms with Crippen LogP contribution in [-0.4, -0.2) is 46.5 Å². The van der Waals surface area contributed by atoms with Crippen LogP contribution in [0.2, 0.25) is 0 Å². The minimum atomic E-state index is -10.1. The molecule has 14 heteroatoms. The van der Waals surface area contributed by atoms with Gasteiger partial charge in [0.1, 0.15) is 17.3 Å². The standard InChI is InChI=1S/C26H28F5N5O3S/c1-4-15-35-25(12-6-20-5-11-23(24(16-20)38-3)34-17-19(2)33-18-34)32-14-13-26(37)36(35)21-7-9-22(10-8-21)39-40(27,28,29,30)31/h5-12,16-18H,4,13-15H2,1-3H3. The van der Waals surface area contributed by atoms with Crippen molar-refractivity contribution in [2.75, 3.05) is 25.2 Å². The molecule has 0 bridgehead atoms. The van der Waals surface area contributed by atoms with Crippen molar-refractivity contribution in [1.29, 1.82) is 0 Å². The van der Waals surface area contributed by atoms with Gasteiger partial charge < -0.3 is 13.5 Å². The second-order valence-electron chi connectivity index (χ2n) is 8.98. The second kappa shape index (κ2) is 10.2. The van der Waals surface area contributed by atoms with Crippen LogP contribution in [0.3, 0.4) is 0 Å². The molecular weight excluding hydrogens is 557 g/mol. The lowest BCUT2D eigenvalue weighted by atomic mass is 10.1. The largest absolute Gasteiger partial charge is 0.495 e. The van der Waals surface area contributed by atoms with Crippen LogP contribution >= 0.6 is 10.5 Å². The van der Waals surface area contributed by atoms with Crippen LogP contribution in [0.15, 0.2) is 66.1 Å². The molecule has 0 saturated heterocycles. The van der Waals surface area contributed by atoms with E-state index in [1.165, 1.54) is 5.01 Å². The minimum absolute atomic E-state index is 0.0358. The van der Waals surface area contributed by atoms with Gasteiger partial charge in [-0.05, 0) is 61.4 Å². The summed E-state index contributed by atoms with van der Waals surface area (Å²) in [5.74, 6) is -0.389. The number of aryl methyl sites for hydroxylation is 1. The first-order valence-electron chi connectivity index (χ1n) is 12.2. The lowest BCUT2D eigenvalue weighted by Crippen LogP contribution is -2.49. The Morgan fingerprint density at radius 1 is 1.05 bits per heavy atom. The molecule has 1 aliphatic heterocycles. The van der Waals surface area contributed by atoms with Crippen molar-refractivity contribution in [2.24, 2.45) is 4.99 Å². The number of ether oxygens (including phenoxy) is 1. The molecule has 1 aromatic heterocycles. The van der Waals surface area contributed by atoms with Crippen molar-refractivity contribution in [1.82, 2.24) is 14.6 Å². The number of anilines is 1. The molecule has 8 nitrogen and oxygen atoms in total. The Hall–Kier alpha value is -4.07. The Balaban J connectivity index is 1.62. The molecule has 1 aliphatic rings. The molecule has 0 unspecified atom stereocenters. The normalized spacial score (nSPS) is 16.4. The predicted octanol–water partition coefficient (Wildman–Crippen LogP) is 7.26. The molecule has 0 saturated carbocycles. The van der Waals surface area contributed by atoms with Crippen LogP contribution in [0.25, 0.3) is 11.8 Å². The summed E-state index contributed by atoms with van der Waals surface area (Å²) in [6.07, 6.45) is 7.72. The number of imidazole rings is 1. The van der Waals surface area contributed by atoms with Crippen LogP contribution in [0.5, 0.6) is 11.5 Å². The summed E-state index contributed by atoms with van der Waals surface area (Å²) in [6, 6.07) is 9.33. The van der Waals surface area contributed by atoms with E-state index in [-0.39, 0.29) is 24.6 Å². The number of amides is 1. The van der Waals surface area contributed by atoms with E-state index in [1.54, 1.807) is 30.6 Å². The zero-order valence-electron chi connectivity index (χ0n) is 21.9. The van der Waals surface area contributed by atoms with Gasteiger partial charge in [-0.1, -0.05) is 38.5 Å². The fourth-order valence-corrected chi connectivity index (χ4v) is 4.57. The first kappa shape index (κ1) is 28.9. The van der Waals surface area contributed by atoms with Crippen LogP contribution in [0.1, 0.15) is 31.0 Å². The van der Waals surface area contributed by atoms with Crippen molar-refractivity contribution < 1.29 is 33.1 Å². The SMILES string of the molecule is CCCN1C(C=Cc2ccc(-n3cnc(C)c3)c(OC)c2)=NCCC(=O)N1c1ccc(OS(F)(F)(F)(F)F)cc1. The molecular formula is C26H28F5N5O3S. The minimum Gasteiger partial charge on any atom is -0.495 e. The number of rotatable bonds is 9. The molecule has 0 N–H and O–H groups in total. The average molecular weight is 586 g/mol. The zero-order chi connectivity index (χ0) is 29.2. The molecule has 0 spiro atoms. The fourth-order valence-electron chi connectivity index (χ4n) is 4.10. The molecule has 216 valence electrons. The average Bonchev–Trinajstić information content (AvgIpc) is 3.24. The number of nitrogens with zero attached hydrogens (tertiary/aromatic N) is 5. The van der Waals surface area contributed by atoms with Gasteiger partial charge in [0.2, 0.25) is 5.91 Å². The maximum absolute atomic E-state index is 13.0. The van der Waals surface area contributed by atoms with E-state index < -0.39 is 16.3 Å². The summed E-state index contributed by atoms with van der Waals surface area (Å²) in [7, 11) is -8.56. The van der Waals surface area contributed by atoms with E-state index in [4.69, 9.17) is 4.74 Å². The highest BCUT2D eigenvalue weighted by atomic mass is 32.5. The number of aromatic nitrogens is 2. The third kappa shape index (κ3) is 7.31. The van der Waals surface area contributed by atoms with Crippen LogP contribution < -0.4 is 13.9 Å². The molecule has 1 amide bonds. The molecule has 0 aliphatic carbocycles. The summed E-state index contributed by atoms with van der Waals surface area (Å²) in [5, 5.41) is 2.89. The molecule has 0 fully saturated rings. The van der Waals surface area contributed by atoms with Crippen molar-refractivity contribution in [3.8, 4) is 17.2 Å². The van der Waals surface area contributed by atoms with E-state index in [0.717, 1.165) is 41.2 Å². The van der Waals surface area contributed by atoms with Gasteiger partial charge in [0.15, 0.2) is 0 Å². The van der Waals surface area contributed by atoms with Crippen molar-refractivity contribution in [3.05, 3.63) is 72.3 Å². The summed E-state index contributed by atoms with van der Waals surface area (Å²) in [4.78, 5) is 21.8. The number of amidine groups is 1. The third-order valence-corrected chi connectivity index (χ3v) is 6.24. The van der Waals surface area contributed by atoms with E-state index in [9.17, 15) is 24.2 Å². The van der Waals surface area contributed by atoms with Crippen molar-refractivity contribution in [2.45, 2.75) is 26.7 Å². The number of methoxy groups -OCH3 is 1. The number of hydrazine groups is 1. The highest BCUT2D eigenvalue weighted by Crippen LogP contribution is 2.97. The highest BCUT2D eigenvalue weighted by Gasteiger charge is 2.67. The lowest BCUT2D eigenvalue weighted by molar-refractivity contribution is -0.120. The molecule has 40 heavy (non-hydrogen) atoms. The number of hydrogen-bond acceptors (Lipinski definition) is 6. The highest BCUT2D eigenvalue weighted by molar-refractivity contribution is 8.42. The Morgan fingerprint density at radius 2 is 1.77 bits per heavy atom.